The van der Waals surface area contributed by atoms with Crippen molar-refractivity contribution >= 4 is 20.0 Å². The van der Waals surface area contributed by atoms with Crippen molar-refractivity contribution in [3.05, 3.63) is 71.8 Å². The average Bonchev–Trinajstić information content (AvgIpc) is 2.76. The van der Waals surface area contributed by atoms with Gasteiger partial charge in [0.25, 0.3) is 0 Å². The van der Waals surface area contributed by atoms with E-state index < -0.39 is 37.5 Å². The summed E-state index contributed by atoms with van der Waals surface area (Å²) in [4.78, 5) is 29.2. The second-order valence-corrected chi connectivity index (χ2v) is 17.0. The fraction of sp³-hybridized carbons (Fsp3) is 0.517. The zero-order chi connectivity index (χ0) is 26.4. The van der Waals surface area contributed by atoms with Crippen LogP contribution < -0.4 is 0 Å². The summed E-state index contributed by atoms with van der Waals surface area (Å²) in [5.41, 5.74) is -1.39. The molecule has 0 bridgehead atoms. The Kier molecular flexibility index (Phi) is 7.26. The molecule has 0 aliphatic carbocycles. The summed E-state index contributed by atoms with van der Waals surface area (Å²) in [6.45, 7) is 18.2. The van der Waals surface area contributed by atoms with Crippen LogP contribution in [-0.4, -0.2) is 42.2 Å². The molecule has 5 nitrogen and oxygen atoms in total. The smallest absolute Gasteiger partial charge is 0.234 e. The molecular formula is C29H41NO4Si. The Morgan fingerprint density at radius 2 is 1.34 bits per heavy atom. The van der Waals surface area contributed by atoms with Gasteiger partial charge in [0.15, 0.2) is 19.8 Å². The van der Waals surface area contributed by atoms with E-state index in [1.165, 1.54) is 4.90 Å². The van der Waals surface area contributed by atoms with Crippen LogP contribution in [0, 0.1) is 11.3 Å². The molecule has 1 fully saturated rings. The molecule has 0 spiro atoms. The molecule has 3 atom stereocenters. The van der Waals surface area contributed by atoms with Crippen LogP contribution in [0.15, 0.2) is 60.7 Å². The number of carbonyl (C=O) groups is 2. The minimum absolute atomic E-state index is 0.0356. The number of aliphatic hydroxyl groups is 1. The summed E-state index contributed by atoms with van der Waals surface area (Å²) in [6, 6.07) is 17.4. The van der Waals surface area contributed by atoms with Crippen LogP contribution in [-0.2, 0) is 19.7 Å². The molecule has 1 saturated heterocycles. The van der Waals surface area contributed by atoms with Gasteiger partial charge >= 0.3 is 0 Å². The second-order valence-electron chi connectivity index (χ2n) is 12.3. The van der Waals surface area contributed by atoms with E-state index in [1.54, 1.807) is 24.3 Å². The first-order chi connectivity index (χ1) is 16.0. The number of Topliss-reactive ketones (excluding diaryl/α,β-unsaturated/α-hetero) is 1. The van der Waals surface area contributed by atoms with Crippen molar-refractivity contribution in [1.82, 2.24) is 4.90 Å². The van der Waals surface area contributed by atoms with E-state index in [0.29, 0.717) is 11.1 Å². The van der Waals surface area contributed by atoms with Gasteiger partial charge in [0, 0.05) is 16.5 Å². The van der Waals surface area contributed by atoms with Crippen LogP contribution in [0.2, 0.25) is 18.1 Å². The van der Waals surface area contributed by atoms with Gasteiger partial charge in [-0.05, 0) is 25.1 Å². The van der Waals surface area contributed by atoms with E-state index in [9.17, 15) is 14.7 Å². The van der Waals surface area contributed by atoms with Crippen LogP contribution >= 0.6 is 0 Å². The van der Waals surface area contributed by atoms with Gasteiger partial charge < -0.3 is 9.53 Å². The van der Waals surface area contributed by atoms with Gasteiger partial charge in [-0.25, -0.2) is 0 Å². The molecule has 1 aliphatic heterocycles. The lowest BCUT2D eigenvalue weighted by molar-refractivity contribution is -0.206. The van der Waals surface area contributed by atoms with E-state index in [0.717, 1.165) is 0 Å². The quantitative estimate of drug-likeness (QED) is 0.393. The molecule has 0 radical (unpaired) electrons. The van der Waals surface area contributed by atoms with Crippen LogP contribution in [0.4, 0.5) is 0 Å². The molecule has 190 valence electrons. The molecule has 2 aromatic rings. The fourth-order valence-electron chi connectivity index (χ4n) is 4.55. The van der Waals surface area contributed by atoms with Gasteiger partial charge in [-0.1, -0.05) is 102 Å². The number of amides is 1. The number of hydrogen-bond donors (Lipinski definition) is 1. The Morgan fingerprint density at radius 3 is 1.71 bits per heavy atom. The molecule has 1 aliphatic rings. The van der Waals surface area contributed by atoms with Crippen molar-refractivity contribution in [2.75, 3.05) is 0 Å². The van der Waals surface area contributed by atoms with E-state index in [-0.39, 0.29) is 16.7 Å². The van der Waals surface area contributed by atoms with Gasteiger partial charge in [0.05, 0.1) is 12.0 Å². The highest BCUT2D eigenvalue weighted by Crippen LogP contribution is 2.48. The Labute approximate surface area is 211 Å². The van der Waals surface area contributed by atoms with E-state index in [4.69, 9.17) is 4.43 Å². The number of rotatable bonds is 7. The molecule has 0 unspecified atom stereocenters. The van der Waals surface area contributed by atoms with Crippen molar-refractivity contribution in [3.63, 3.8) is 0 Å². The molecule has 6 heteroatoms. The number of carbonyl (C=O) groups excluding carboxylic acids is 2. The van der Waals surface area contributed by atoms with Crippen molar-refractivity contribution in [2.24, 2.45) is 11.3 Å². The molecule has 3 rings (SSSR count). The number of benzene rings is 2. The number of ketones is 1. The highest BCUT2D eigenvalue weighted by molar-refractivity contribution is 6.74. The molecule has 0 saturated carbocycles. The predicted molar refractivity (Wildman–Crippen MR) is 142 cm³/mol. The number of β-lactam (4-membered cyclic amide) rings is 1. The lowest BCUT2D eigenvalue weighted by Gasteiger charge is -2.57. The summed E-state index contributed by atoms with van der Waals surface area (Å²) in [6.07, 6.45) is -0.452. The maximum atomic E-state index is 13.9. The lowest BCUT2D eigenvalue weighted by atomic mass is 9.71. The molecule has 1 N–H and O–H groups in total. The van der Waals surface area contributed by atoms with Crippen molar-refractivity contribution < 1.29 is 19.1 Å². The Bertz CT molecular complexity index is 1010. The maximum absolute atomic E-state index is 13.9. The predicted octanol–water partition coefficient (Wildman–Crippen LogP) is 5.73. The van der Waals surface area contributed by atoms with Crippen molar-refractivity contribution in [2.45, 2.75) is 84.5 Å². The third-order valence-corrected chi connectivity index (χ3v) is 12.2. The summed E-state index contributed by atoms with van der Waals surface area (Å²) in [5.74, 6) is -1.01. The zero-order valence-electron chi connectivity index (χ0n) is 22.6. The number of nitrogens with zero attached hydrogens (tertiary/aromatic N) is 1. The summed E-state index contributed by atoms with van der Waals surface area (Å²) in [5, 5.41) is 12.3. The van der Waals surface area contributed by atoms with Gasteiger partial charge in [0.2, 0.25) is 5.91 Å². The van der Waals surface area contributed by atoms with Gasteiger partial charge in [-0.15, -0.1) is 0 Å². The second kappa shape index (κ2) is 9.30. The Balaban J connectivity index is 2.13. The molecule has 2 aromatic carbocycles. The van der Waals surface area contributed by atoms with E-state index in [1.807, 2.05) is 64.1 Å². The van der Waals surface area contributed by atoms with Gasteiger partial charge in [0.1, 0.15) is 6.04 Å². The van der Waals surface area contributed by atoms with E-state index in [2.05, 4.69) is 33.9 Å². The third-order valence-electron chi connectivity index (χ3n) is 7.64. The van der Waals surface area contributed by atoms with Crippen LogP contribution in [0.25, 0.3) is 0 Å². The van der Waals surface area contributed by atoms with Crippen LogP contribution in [0.3, 0.4) is 0 Å². The zero-order valence-corrected chi connectivity index (χ0v) is 23.6. The lowest BCUT2D eigenvalue weighted by Crippen LogP contribution is -2.75. The minimum Gasteiger partial charge on any atom is -0.413 e. The normalized spacial score (nSPS) is 20.4. The van der Waals surface area contributed by atoms with E-state index >= 15 is 0 Å². The van der Waals surface area contributed by atoms with Gasteiger partial charge in [-0.3, -0.25) is 14.5 Å². The summed E-state index contributed by atoms with van der Waals surface area (Å²) in [7, 11) is -2.19. The average molecular weight is 496 g/mol. The molecular weight excluding hydrogens is 454 g/mol. The molecule has 1 amide bonds. The molecule has 1 heterocycles. The first kappa shape index (κ1) is 27.3. The first-order valence-electron chi connectivity index (χ1n) is 12.4. The largest absolute Gasteiger partial charge is 0.413 e. The minimum atomic E-state index is -2.19. The Hall–Kier alpha value is -2.28. The molecule has 35 heavy (non-hydrogen) atoms. The highest BCUT2D eigenvalue weighted by Gasteiger charge is 2.63. The number of hydrogen-bond acceptors (Lipinski definition) is 4. The van der Waals surface area contributed by atoms with Crippen molar-refractivity contribution in [3.8, 4) is 0 Å². The van der Waals surface area contributed by atoms with Gasteiger partial charge in [-0.2, -0.15) is 0 Å². The topological polar surface area (TPSA) is 66.8 Å². The SMILES string of the molecule is C[C@@H](O[Si](C)(C)C(C)(C)C)[C@H]1C(=O)N(C(O)(c2ccccc2)c2ccccc2)[C@@H]1C(=O)C(C)(C)C. The summed E-state index contributed by atoms with van der Waals surface area (Å²) < 4.78 is 6.60. The Morgan fingerprint density at radius 1 is 0.914 bits per heavy atom. The third kappa shape index (κ3) is 4.89. The standard InChI is InChI=1S/C29H41NO4Si/c1-20(34-35(8,9)28(5,6)7)23-24(25(31)27(2,3)4)30(26(23)32)29(33,21-16-12-10-13-17-21)22-18-14-11-15-19-22/h10-20,23-24,33H,1-9H3/t20-,23-,24+/m1/s1. The monoisotopic (exact) mass is 495 g/mol. The van der Waals surface area contributed by atoms with Crippen LogP contribution in [0.5, 0.6) is 0 Å². The van der Waals surface area contributed by atoms with Crippen molar-refractivity contribution in [1.29, 1.82) is 0 Å². The fourth-order valence-corrected chi connectivity index (χ4v) is 5.98. The maximum Gasteiger partial charge on any atom is 0.234 e. The number of likely N-dealkylation sites (tertiary alicyclic amines) is 1. The highest BCUT2D eigenvalue weighted by atomic mass is 28.4. The molecule has 0 aromatic heterocycles. The summed E-state index contributed by atoms with van der Waals surface area (Å²) >= 11 is 0. The van der Waals surface area contributed by atoms with Crippen LogP contribution in [0.1, 0.15) is 59.6 Å². The first-order valence-corrected chi connectivity index (χ1v) is 15.3.